The van der Waals surface area contributed by atoms with Crippen molar-refractivity contribution in [2.75, 3.05) is 0 Å². The first kappa shape index (κ1) is 10.6. The van der Waals surface area contributed by atoms with E-state index in [1.807, 2.05) is 16.9 Å². The van der Waals surface area contributed by atoms with Crippen molar-refractivity contribution in [1.29, 1.82) is 0 Å². The van der Waals surface area contributed by atoms with E-state index in [0.717, 1.165) is 30.0 Å². The summed E-state index contributed by atoms with van der Waals surface area (Å²) >= 11 is 0. The average molecular weight is 231 g/mol. The topological polar surface area (TPSA) is 43.0 Å². The molecule has 1 aliphatic carbocycles. The van der Waals surface area contributed by atoms with E-state index in [9.17, 15) is 0 Å². The van der Waals surface area contributed by atoms with Crippen LogP contribution in [0, 0.1) is 0 Å². The van der Waals surface area contributed by atoms with Gasteiger partial charge in [0, 0.05) is 29.9 Å². The van der Waals surface area contributed by atoms with Gasteiger partial charge in [-0.2, -0.15) is 5.10 Å². The van der Waals surface area contributed by atoms with E-state index in [0.29, 0.717) is 6.04 Å². The highest BCUT2D eigenvalue weighted by molar-refractivity contribution is 5.63. The van der Waals surface area contributed by atoms with Crippen molar-refractivity contribution in [3.63, 3.8) is 0 Å². The van der Waals surface area contributed by atoms with Gasteiger partial charge < -0.3 is 9.73 Å². The van der Waals surface area contributed by atoms with E-state index in [1.165, 1.54) is 12.8 Å². The lowest BCUT2D eigenvalue weighted by Gasteiger charge is -2.01. The summed E-state index contributed by atoms with van der Waals surface area (Å²) in [4.78, 5) is 0. The van der Waals surface area contributed by atoms with E-state index in [4.69, 9.17) is 4.42 Å². The van der Waals surface area contributed by atoms with Crippen molar-refractivity contribution in [2.45, 2.75) is 38.9 Å². The van der Waals surface area contributed by atoms with Crippen molar-refractivity contribution in [3.8, 4) is 11.1 Å². The molecule has 3 rings (SSSR count). The van der Waals surface area contributed by atoms with Gasteiger partial charge in [-0.25, -0.2) is 0 Å². The largest absolute Gasteiger partial charge is 0.467 e. The van der Waals surface area contributed by atoms with Crippen LogP contribution in [0.1, 0.15) is 25.5 Å². The predicted octanol–water partition coefficient (Wildman–Crippen LogP) is 2.42. The Labute approximate surface area is 101 Å². The molecule has 0 aliphatic heterocycles. The number of aromatic nitrogens is 2. The van der Waals surface area contributed by atoms with Gasteiger partial charge >= 0.3 is 0 Å². The fourth-order valence-corrected chi connectivity index (χ4v) is 1.93. The molecule has 0 bridgehead atoms. The molecule has 1 N–H and O–H groups in total. The fraction of sp³-hybridized carbons (Fsp3) is 0.462. The van der Waals surface area contributed by atoms with Crippen LogP contribution in [0.2, 0.25) is 0 Å². The highest BCUT2D eigenvalue weighted by Gasteiger charge is 2.21. The van der Waals surface area contributed by atoms with Crippen LogP contribution in [0.25, 0.3) is 11.1 Å². The third kappa shape index (κ3) is 2.26. The minimum atomic E-state index is 0.700. The first-order valence-corrected chi connectivity index (χ1v) is 6.19. The number of nitrogens with zero attached hydrogens (tertiary/aromatic N) is 2. The second-order valence-electron chi connectivity index (χ2n) is 4.50. The Hall–Kier alpha value is -1.55. The smallest absolute Gasteiger partial charge is 0.125 e. The molecule has 2 heterocycles. The van der Waals surface area contributed by atoms with Gasteiger partial charge in [-0.1, -0.05) is 0 Å². The van der Waals surface area contributed by atoms with Crippen LogP contribution in [0.4, 0.5) is 0 Å². The van der Waals surface area contributed by atoms with Crippen molar-refractivity contribution in [2.24, 2.45) is 0 Å². The van der Waals surface area contributed by atoms with Crippen LogP contribution in [-0.4, -0.2) is 15.8 Å². The van der Waals surface area contributed by atoms with Gasteiger partial charge in [0.2, 0.25) is 0 Å². The standard InChI is InChI=1S/C13H17N3O/c1-2-16-9-10(7-15-16)12-5-6-17-13(12)8-14-11-3-4-11/h5-7,9,11,14H,2-4,8H2,1H3. The van der Waals surface area contributed by atoms with Crippen molar-refractivity contribution in [3.05, 3.63) is 30.5 Å². The lowest BCUT2D eigenvalue weighted by atomic mass is 10.1. The van der Waals surface area contributed by atoms with Crippen LogP contribution < -0.4 is 5.32 Å². The molecule has 4 heteroatoms. The molecule has 0 amide bonds. The van der Waals surface area contributed by atoms with Crippen LogP contribution in [-0.2, 0) is 13.1 Å². The lowest BCUT2D eigenvalue weighted by Crippen LogP contribution is -2.15. The first-order chi connectivity index (χ1) is 8.36. The number of nitrogens with one attached hydrogen (secondary N) is 1. The third-order valence-corrected chi connectivity index (χ3v) is 3.14. The Morgan fingerprint density at radius 1 is 1.53 bits per heavy atom. The van der Waals surface area contributed by atoms with Crippen molar-refractivity contribution < 1.29 is 4.42 Å². The van der Waals surface area contributed by atoms with E-state index < -0.39 is 0 Å². The maximum Gasteiger partial charge on any atom is 0.125 e. The Morgan fingerprint density at radius 2 is 2.41 bits per heavy atom. The number of furan rings is 1. The molecule has 2 aromatic rings. The van der Waals surface area contributed by atoms with Crippen LogP contribution >= 0.6 is 0 Å². The predicted molar refractivity (Wildman–Crippen MR) is 65.5 cm³/mol. The molecule has 17 heavy (non-hydrogen) atoms. The minimum absolute atomic E-state index is 0.700. The monoisotopic (exact) mass is 231 g/mol. The molecular weight excluding hydrogens is 214 g/mol. The quantitative estimate of drug-likeness (QED) is 0.859. The number of hydrogen-bond donors (Lipinski definition) is 1. The molecule has 0 radical (unpaired) electrons. The Bertz CT molecular complexity index is 496. The Morgan fingerprint density at radius 3 is 3.12 bits per heavy atom. The summed E-state index contributed by atoms with van der Waals surface area (Å²) in [5.41, 5.74) is 2.28. The number of hydrogen-bond acceptors (Lipinski definition) is 3. The van der Waals surface area contributed by atoms with Crippen LogP contribution in [0.15, 0.2) is 29.1 Å². The maximum absolute atomic E-state index is 5.54. The van der Waals surface area contributed by atoms with Crippen molar-refractivity contribution in [1.82, 2.24) is 15.1 Å². The molecular formula is C13H17N3O. The van der Waals surface area contributed by atoms with Gasteiger partial charge in [-0.15, -0.1) is 0 Å². The third-order valence-electron chi connectivity index (χ3n) is 3.14. The van der Waals surface area contributed by atoms with Gasteiger partial charge in [0.1, 0.15) is 5.76 Å². The van der Waals surface area contributed by atoms with Gasteiger partial charge in [0.15, 0.2) is 0 Å². The summed E-state index contributed by atoms with van der Waals surface area (Å²) in [6.07, 6.45) is 8.30. The summed E-state index contributed by atoms with van der Waals surface area (Å²) in [5.74, 6) is 1.01. The second-order valence-corrected chi connectivity index (χ2v) is 4.50. The summed E-state index contributed by atoms with van der Waals surface area (Å²) in [6, 6.07) is 2.72. The zero-order valence-electron chi connectivity index (χ0n) is 10.0. The summed E-state index contributed by atoms with van der Waals surface area (Å²) in [6.45, 7) is 3.79. The summed E-state index contributed by atoms with van der Waals surface area (Å²) < 4.78 is 7.47. The van der Waals surface area contributed by atoms with Gasteiger partial charge in [0.05, 0.1) is 19.0 Å². The maximum atomic E-state index is 5.54. The van der Waals surface area contributed by atoms with Gasteiger partial charge in [-0.3, -0.25) is 4.68 Å². The highest BCUT2D eigenvalue weighted by atomic mass is 16.3. The zero-order valence-corrected chi connectivity index (χ0v) is 10.0. The molecule has 1 fully saturated rings. The molecule has 0 atom stereocenters. The van der Waals surface area contributed by atoms with Gasteiger partial charge in [-0.05, 0) is 25.8 Å². The molecule has 1 saturated carbocycles. The molecule has 2 aromatic heterocycles. The molecule has 0 aromatic carbocycles. The molecule has 4 nitrogen and oxygen atoms in total. The SMILES string of the molecule is CCn1cc(-c2ccoc2CNC2CC2)cn1. The molecule has 90 valence electrons. The second kappa shape index (κ2) is 4.37. The number of rotatable bonds is 5. The fourth-order valence-electron chi connectivity index (χ4n) is 1.93. The Kier molecular flexibility index (Phi) is 2.73. The van der Waals surface area contributed by atoms with Crippen LogP contribution in [0.5, 0.6) is 0 Å². The first-order valence-electron chi connectivity index (χ1n) is 6.19. The van der Waals surface area contributed by atoms with E-state index in [2.05, 4.69) is 23.5 Å². The molecule has 1 aliphatic rings. The molecule has 0 unspecified atom stereocenters. The lowest BCUT2D eigenvalue weighted by molar-refractivity contribution is 0.483. The van der Waals surface area contributed by atoms with E-state index in [-0.39, 0.29) is 0 Å². The van der Waals surface area contributed by atoms with E-state index in [1.54, 1.807) is 6.26 Å². The molecule has 0 saturated heterocycles. The number of aryl methyl sites for hydroxylation is 1. The molecule has 0 spiro atoms. The highest BCUT2D eigenvalue weighted by Crippen LogP contribution is 2.26. The summed E-state index contributed by atoms with van der Waals surface area (Å²) in [7, 11) is 0. The minimum Gasteiger partial charge on any atom is -0.467 e. The normalized spacial score (nSPS) is 15.4. The zero-order chi connectivity index (χ0) is 11.7. The van der Waals surface area contributed by atoms with Gasteiger partial charge in [0.25, 0.3) is 0 Å². The Balaban J connectivity index is 1.78. The van der Waals surface area contributed by atoms with Crippen LogP contribution in [0.3, 0.4) is 0 Å². The average Bonchev–Trinajstić information content (AvgIpc) is 2.89. The van der Waals surface area contributed by atoms with E-state index >= 15 is 0 Å². The van der Waals surface area contributed by atoms with Crippen molar-refractivity contribution >= 4 is 0 Å². The summed E-state index contributed by atoms with van der Waals surface area (Å²) in [5, 5.41) is 7.76.